The molecule has 0 bridgehead atoms. The molecule has 10 rings (SSSR count). The largest absolute Gasteiger partial charge is 0.456 e. The van der Waals surface area contributed by atoms with Gasteiger partial charge in [-0.15, -0.1) is 0 Å². The minimum Gasteiger partial charge on any atom is -0.456 e. The predicted octanol–water partition coefficient (Wildman–Crippen LogP) is 11.5. The summed E-state index contributed by atoms with van der Waals surface area (Å²) >= 11 is 0. The lowest BCUT2D eigenvalue weighted by Gasteiger charge is -2.11. The van der Waals surface area contributed by atoms with Crippen molar-refractivity contribution >= 4 is 43.7 Å². The van der Waals surface area contributed by atoms with Crippen molar-refractivity contribution in [1.29, 1.82) is 0 Å². The monoisotopic (exact) mass is 640 g/mol. The highest BCUT2D eigenvalue weighted by Gasteiger charge is 2.18. The average Bonchev–Trinajstić information content (AvgIpc) is 3.74. The first-order chi connectivity index (χ1) is 24.8. The molecule has 0 amide bonds. The Labute approximate surface area is 287 Å². The van der Waals surface area contributed by atoms with Crippen LogP contribution in [0.15, 0.2) is 174 Å². The highest BCUT2D eigenvalue weighted by Crippen LogP contribution is 2.39. The molecule has 7 aromatic carbocycles. The van der Waals surface area contributed by atoms with Gasteiger partial charge in [0.05, 0.1) is 11.0 Å². The van der Waals surface area contributed by atoms with Crippen LogP contribution in [-0.4, -0.2) is 19.5 Å². The summed E-state index contributed by atoms with van der Waals surface area (Å²) in [6, 6.07) is 58.7. The molecule has 3 heterocycles. The maximum Gasteiger partial charge on any atom is 0.164 e. The SMILES string of the molecule is c1ccc(-c2nc(-c3cccc(-c4cccc5c4c4ccccc4n5-c4ccccc4)c3)nc(-c3ccc4c(c3)oc3ccccc34)n2)cc1. The summed E-state index contributed by atoms with van der Waals surface area (Å²) in [4.78, 5) is 15.1. The zero-order valence-electron chi connectivity index (χ0n) is 26.9. The molecule has 0 unspecified atom stereocenters. The van der Waals surface area contributed by atoms with Gasteiger partial charge in [0.15, 0.2) is 17.5 Å². The summed E-state index contributed by atoms with van der Waals surface area (Å²) in [5.74, 6) is 1.82. The molecular weight excluding hydrogens is 613 g/mol. The van der Waals surface area contributed by atoms with Gasteiger partial charge in [0.25, 0.3) is 0 Å². The van der Waals surface area contributed by atoms with Gasteiger partial charge in [0, 0.05) is 43.9 Å². The van der Waals surface area contributed by atoms with Gasteiger partial charge in [0.1, 0.15) is 11.2 Å². The maximum atomic E-state index is 6.23. The first kappa shape index (κ1) is 28.2. The third kappa shape index (κ3) is 4.60. The van der Waals surface area contributed by atoms with Gasteiger partial charge in [-0.3, -0.25) is 0 Å². The second kappa shape index (κ2) is 11.4. The molecule has 50 heavy (non-hydrogen) atoms. The van der Waals surface area contributed by atoms with Crippen molar-refractivity contribution in [1.82, 2.24) is 19.5 Å². The Morgan fingerprint density at radius 3 is 1.78 bits per heavy atom. The van der Waals surface area contributed by atoms with Crippen LogP contribution in [0.25, 0.3) is 94.7 Å². The second-order valence-corrected chi connectivity index (χ2v) is 12.5. The molecule has 0 saturated heterocycles. The molecule has 0 radical (unpaired) electrons. The molecule has 0 fully saturated rings. The van der Waals surface area contributed by atoms with E-state index >= 15 is 0 Å². The van der Waals surface area contributed by atoms with Crippen LogP contribution in [0.3, 0.4) is 0 Å². The van der Waals surface area contributed by atoms with E-state index in [2.05, 4.69) is 120 Å². The topological polar surface area (TPSA) is 56.7 Å². The van der Waals surface area contributed by atoms with Gasteiger partial charge in [-0.1, -0.05) is 121 Å². The zero-order valence-corrected chi connectivity index (χ0v) is 26.9. The Morgan fingerprint density at radius 1 is 0.380 bits per heavy atom. The number of benzene rings is 7. The van der Waals surface area contributed by atoms with Crippen LogP contribution in [-0.2, 0) is 0 Å². The summed E-state index contributed by atoms with van der Waals surface area (Å²) < 4.78 is 8.58. The maximum absolute atomic E-state index is 6.23. The average molecular weight is 641 g/mol. The fourth-order valence-corrected chi connectivity index (χ4v) is 7.16. The smallest absolute Gasteiger partial charge is 0.164 e. The lowest BCUT2D eigenvalue weighted by Crippen LogP contribution is -2.00. The van der Waals surface area contributed by atoms with Crippen molar-refractivity contribution in [2.45, 2.75) is 0 Å². The van der Waals surface area contributed by atoms with Crippen molar-refractivity contribution in [2.75, 3.05) is 0 Å². The third-order valence-corrected chi connectivity index (χ3v) is 9.45. The summed E-state index contributed by atoms with van der Waals surface area (Å²) in [7, 11) is 0. The van der Waals surface area contributed by atoms with Gasteiger partial charge in [-0.25, -0.2) is 15.0 Å². The van der Waals surface area contributed by atoms with E-state index in [0.29, 0.717) is 17.5 Å². The first-order valence-corrected chi connectivity index (χ1v) is 16.7. The third-order valence-electron chi connectivity index (χ3n) is 9.45. The second-order valence-electron chi connectivity index (χ2n) is 12.5. The molecule has 0 saturated carbocycles. The number of hydrogen-bond donors (Lipinski definition) is 0. The number of nitrogens with zero attached hydrogens (tertiary/aromatic N) is 4. The summed E-state index contributed by atoms with van der Waals surface area (Å²) in [6.07, 6.45) is 0. The number of furan rings is 1. The molecule has 0 aliphatic carbocycles. The lowest BCUT2D eigenvalue weighted by atomic mass is 9.97. The standard InChI is InChI=1S/C45H28N4O/c1-3-13-29(14-4-1)43-46-44(48-45(47-43)32-25-26-36-35-19-8-10-24-40(35)50-41(36)28-32)31-16-11-15-30(27-31)34-21-12-23-39-42(34)37-20-7-9-22-38(37)49(39)33-17-5-2-6-18-33/h1-28H. The molecule has 0 spiro atoms. The van der Waals surface area contributed by atoms with E-state index in [9.17, 15) is 0 Å². The Kier molecular flexibility index (Phi) is 6.42. The van der Waals surface area contributed by atoms with Crippen LogP contribution in [0.1, 0.15) is 0 Å². The molecule has 0 atom stereocenters. The quantitative estimate of drug-likeness (QED) is 0.188. The van der Waals surface area contributed by atoms with E-state index in [1.165, 1.54) is 16.3 Å². The van der Waals surface area contributed by atoms with Crippen molar-refractivity contribution in [2.24, 2.45) is 0 Å². The summed E-state index contributed by atoms with van der Waals surface area (Å²) in [5.41, 5.74) is 10.1. The molecule has 234 valence electrons. The van der Waals surface area contributed by atoms with Crippen molar-refractivity contribution in [3.63, 3.8) is 0 Å². The van der Waals surface area contributed by atoms with Crippen LogP contribution in [0.2, 0.25) is 0 Å². The minimum absolute atomic E-state index is 0.592. The molecule has 5 nitrogen and oxygen atoms in total. The van der Waals surface area contributed by atoms with Crippen LogP contribution in [0.5, 0.6) is 0 Å². The van der Waals surface area contributed by atoms with Gasteiger partial charge < -0.3 is 8.98 Å². The van der Waals surface area contributed by atoms with E-state index in [-0.39, 0.29) is 0 Å². The van der Waals surface area contributed by atoms with Crippen LogP contribution in [0.4, 0.5) is 0 Å². The first-order valence-electron chi connectivity index (χ1n) is 16.7. The van der Waals surface area contributed by atoms with Crippen LogP contribution in [0, 0.1) is 0 Å². The fraction of sp³-hybridized carbons (Fsp3) is 0. The Morgan fingerprint density at radius 2 is 0.960 bits per heavy atom. The lowest BCUT2D eigenvalue weighted by molar-refractivity contribution is 0.669. The summed E-state index contributed by atoms with van der Waals surface area (Å²) in [5, 5.41) is 4.58. The highest BCUT2D eigenvalue weighted by atomic mass is 16.3. The molecule has 0 N–H and O–H groups in total. The number of rotatable bonds is 5. The number of para-hydroxylation sites is 3. The number of fused-ring (bicyclic) bond motifs is 6. The Bertz CT molecular complexity index is 2870. The van der Waals surface area contributed by atoms with Crippen molar-refractivity contribution in [3.8, 4) is 51.0 Å². The number of hydrogen-bond acceptors (Lipinski definition) is 4. The minimum atomic E-state index is 0.592. The van der Waals surface area contributed by atoms with E-state index in [1.54, 1.807) is 0 Å². The van der Waals surface area contributed by atoms with E-state index in [1.807, 2.05) is 54.6 Å². The van der Waals surface area contributed by atoms with Gasteiger partial charge in [-0.2, -0.15) is 0 Å². The molecule has 10 aromatic rings. The van der Waals surface area contributed by atoms with Crippen molar-refractivity contribution in [3.05, 3.63) is 170 Å². The molecule has 0 aliphatic heterocycles. The van der Waals surface area contributed by atoms with Gasteiger partial charge in [-0.05, 0) is 59.7 Å². The zero-order chi connectivity index (χ0) is 33.0. The van der Waals surface area contributed by atoms with E-state index < -0.39 is 0 Å². The fourth-order valence-electron chi connectivity index (χ4n) is 7.16. The Balaban J connectivity index is 1.15. The number of aromatic nitrogens is 4. The predicted molar refractivity (Wildman–Crippen MR) is 203 cm³/mol. The molecule has 0 aliphatic rings. The van der Waals surface area contributed by atoms with Crippen LogP contribution < -0.4 is 0 Å². The van der Waals surface area contributed by atoms with E-state index in [0.717, 1.165) is 61.0 Å². The van der Waals surface area contributed by atoms with Crippen LogP contribution >= 0.6 is 0 Å². The van der Waals surface area contributed by atoms with Gasteiger partial charge >= 0.3 is 0 Å². The van der Waals surface area contributed by atoms with E-state index in [4.69, 9.17) is 19.4 Å². The van der Waals surface area contributed by atoms with Gasteiger partial charge in [0.2, 0.25) is 0 Å². The Hall–Kier alpha value is -6.85. The highest BCUT2D eigenvalue weighted by molar-refractivity contribution is 6.16. The van der Waals surface area contributed by atoms with Crippen molar-refractivity contribution < 1.29 is 4.42 Å². The summed E-state index contributed by atoms with van der Waals surface area (Å²) in [6.45, 7) is 0. The normalized spacial score (nSPS) is 11.6. The molecular formula is C45H28N4O. The molecule has 5 heteroatoms. The molecule has 3 aromatic heterocycles.